The zero-order chi connectivity index (χ0) is 15.2. The maximum atomic E-state index is 6.20. The summed E-state index contributed by atoms with van der Waals surface area (Å²) in [5.74, 6) is 0. The van der Waals surface area contributed by atoms with Gasteiger partial charge >= 0.3 is 0 Å². The Labute approximate surface area is 123 Å². The molecule has 1 rings (SSSR count). The van der Waals surface area contributed by atoms with Gasteiger partial charge in [0.15, 0.2) is 0 Å². The van der Waals surface area contributed by atoms with Crippen LogP contribution >= 0.6 is 0 Å². The minimum Gasteiger partial charge on any atom is -0.398 e. The van der Waals surface area contributed by atoms with Crippen molar-refractivity contribution in [1.82, 2.24) is 15.2 Å². The fraction of sp³-hybridized carbons (Fsp3) is 0.688. The number of hydrogen-bond acceptors (Lipinski definition) is 4. The first kappa shape index (κ1) is 16.9. The van der Waals surface area contributed by atoms with Crippen LogP contribution in [-0.2, 0) is 0 Å². The van der Waals surface area contributed by atoms with Crippen LogP contribution in [0.3, 0.4) is 0 Å². The number of pyridine rings is 1. The van der Waals surface area contributed by atoms with Gasteiger partial charge in [0.1, 0.15) is 0 Å². The summed E-state index contributed by atoms with van der Waals surface area (Å²) in [6.45, 7) is 7.66. The zero-order valence-electron chi connectivity index (χ0n) is 13.6. The van der Waals surface area contributed by atoms with Crippen molar-refractivity contribution in [3.63, 3.8) is 0 Å². The van der Waals surface area contributed by atoms with E-state index < -0.39 is 0 Å². The molecule has 20 heavy (non-hydrogen) atoms. The first-order chi connectivity index (χ1) is 9.53. The Balaban J connectivity index is 3.26. The van der Waals surface area contributed by atoms with E-state index in [1.165, 1.54) is 0 Å². The van der Waals surface area contributed by atoms with Gasteiger partial charge in [0.05, 0.1) is 6.04 Å². The number of nitrogen functional groups attached to an aromatic ring is 1. The maximum Gasteiger partial charge on any atom is 0.0542 e. The molecule has 1 atom stereocenters. The lowest BCUT2D eigenvalue weighted by atomic mass is 9.79. The van der Waals surface area contributed by atoms with Crippen LogP contribution in [0.25, 0.3) is 0 Å². The van der Waals surface area contributed by atoms with Crippen LogP contribution in [0.5, 0.6) is 0 Å². The Kier molecular flexibility index (Phi) is 6.43. The van der Waals surface area contributed by atoms with E-state index in [9.17, 15) is 0 Å². The molecule has 0 saturated carbocycles. The molecule has 1 aromatic rings. The van der Waals surface area contributed by atoms with E-state index in [4.69, 9.17) is 5.73 Å². The van der Waals surface area contributed by atoms with Gasteiger partial charge in [0.2, 0.25) is 0 Å². The average Bonchev–Trinajstić information content (AvgIpc) is 2.44. The third kappa shape index (κ3) is 3.30. The number of nitrogens with zero attached hydrogens (tertiary/aromatic N) is 2. The molecule has 0 amide bonds. The lowest BCUT2D eigenvalue weighted by Gasteiger charge is -2.46. The maximum absolute atomic E-state index is 6.20. The minimum absolute atomic E-state index is 0.0479. The van der Waals surface area contributed by atoms with Gasteiger partial charge in [-0.05, 0) is 46.0 Å². The second-order valence-corrected chi connectivity index (χ2v) is 5.60. The number of nitrogens with one attached hydrogen (secondary N) is 1. The molecule has 0 aromatic carbocycles. The van der Waals surface area contributed by atoms with Crippen LogP contribution in [-0.4, -0.2) is 36.1 Å². The quantitative estimate of drug-likeness (QED) is 0.768. The lowest BCUT2D eigenvalue weighted by molar-refractivity contribution is 0.0883. The number of rotatable bonds is 8. The van der Waals surface area contributed by atoms with Gasteiger partial charge in [-0.2, -0.15) is 0 Å². The van der Waals surface area contributed by atoms with E-state index in [0.717, 1.165) is 37.1 Å². The standard InChI is InChI=1S/C16H30N4/c1-6-10-19-15(13-12-18-11-9-14(13)17)16(7-2,8-3)20(4)5/h9,11-12,15,19H,6-8,10H2,1-5H3,(H2,17,18). The summed E-state index contributed by atoms with van der Waals surface area (Å²) in [7, 11) is 4.31. The van der Waals surface area contributed by atoms with Crippen molar-refractivity contribution in [2.24, 2.45) is 0 Å². The van der Waals surface area contributed by atoms with Gasteiger partial charge < -0.3 is 16.0 Å². The number of hydrogen-bond donors (Lipinski definition) is 2. The molecular weight excluding hydrogens is 248 g/mol. The third-order valence-electron chi connectivity index (χ3n) is 4.45. The fourth-order valence-corrected chi connectivity index (χ4v) is 3.09. The Morgan fingerprint density at radius 3 is 2.40 bits per heavy atom. The predicted molar refractivity (Wildman–Crippen MR) is 86.7 cm³/mol. The van der Waals surface area contributed by atoms with E-state index in [0.29, 0.717) is 0 Å². The van der Waals surface area contributed by atoms with Gasteiger partial charge in [-0.1, -0.05) is 20.8 Å². The molecule has 1 heterocycles. The Hall–Kier alpha value is -1.13. The summed E-state index contributed by atoms with van der Waals surface area (Å²) in [5.41, 5.74) is 8.18. The van der Waals surface area contributed by atoms with E-state index >= 15 is 0 Å². The topological polar surface area (TPSA) is 54.2 Å². The summed E-state index contributed by atoms with van der Waals surface area (Å²) < 4.78 is 0. The predicted octanol–water partition coefficient (Wildman–Crippen LogP) is 2.82. The molecule has 4 nitrogen and oxygen atoms in total. The van der Waals surface area contributed by atoms with Gasteiger partial charge in [-0.25, -0.2) is 0 Å². The largest absolute Gasteiger partial charge is 0.398 e. The molecule has 1 unspecified atom stereocenters. The molecule has 0 spiro atoms. The molecule has 0 radical (unpaired) electrons. The molecule has 0 aliphatic carbocycles. The Morgan fingerprint density at radius 1 is 1.30 bits per heavy atom. The van der Waals surface area contributed by atoms with Gasteiger partial charge in [-0.3, -0.25) is 4.98 Å². The second kappa shape index (κ2) is 7.60. The summed E-state index contributed by atoms with van der Waals surface area (Å²) in [6, 6.07) is 2.09. The highest BCUT2D eigenvalue weighted by Crippen LogP contribution is 2.37. The number of nitrogens with two attached hydrogens (primary N) is 1. The molecule has 1 aromatic heterocycles. The first-order valence-electron chi connectivity index (χ1n) is 7.63. The van der Waals surface area contributed by atoms with Crippen molar-refractivity contribution in [3.05, 3.63) is 24.0 Å². The van der Waals surface area contributed by atoms with Crippen LogP contribution in [0, 0.1) is 0 Å². The van der Waals surface area contributed by atoms with E-state index in [1.807, 2.05) is 12.3 Å². The van der Waals surface area contributed by atoms with Gasteiger partial charge in [-0.15, -0.1) is 0 Å². The van der Waals surface area contributed by atoms with Crippen molar-refractivity contribution in [2.45, 2.75) is 51.6 Å². The zero-order valence-corrected chi connectivity index (χ0v) is 13.6. The van der Waals surface area contributed by atoms with Crippen LogP contribution < -0.4 is 11.1 Å². The second-order valence-electron chi connectivity index (χ2n) is 5.60. The first-order valence-corrected chi connectivity index (χ1v) is 7.63. The van der Waals surface area contributed by atoms with Crippen molar-refractivity contribution < 1.29 is 0 Å². The smallest absolute Gasteiger partial charge is 0.0542 e. The molecular formula is C16H30N4. The SMILES string of the molecule is CCCNC(c1cnccc1N)C(CC)(CC)N(C)C. The molecule has 0 bridgehead atoms. The Morgan fingerprint density at radius 2 is 1.95 bits per heavy atom. The van der Waals surface area contributed by atoms with Gasteiger partial charge in [0.25, 0.3) is 0 Å². The van der Waals surface area contributed by atoms with Gasteiger partial charge in [0, 0.05) is 29.2 Å². The molecule has 114 valence electrons. The third-order valence-corrected chi connectivity index (χ3v) is 4.45. The summed E-state index contributed by atoms with van der Waals surface area (Å²) in [5, 5.41) is 3.69. The Bertz CT molecular complexity index is 399. The lowest BCUT2D eigenvalue weighted by Crippen LogP contribution is -2.53. The van der Waals surface area contributed by atoms with Crippen molar-refractivity contribution in [2.75, 3.05) is 26.4 Å². The summed E-state index contributed by atoms with van der Waals surface area (Å²) in [6.07, 6.45) is 6.89. The molecule has 4 heteroatoms. The normalized spacial score (nSPS) is 13.7. The summed E-state index contributed by atoms with van der Waals surface area (Å²) in [4.78, 5) is 6.60. The van der Waals surface area contributed by atoms with Crippen molar-refractivity contribution >= 4 is 5.69 Å². The van der Waals surface area contributed by atoms with Crippen LogP contribution in [0.15, 0.2) is 18.5 Å². The van der Waals surface area contributed by atoms with E-state index in [-0.39, 0.29) is 11.6 Å². The van der Waals surface area contributed by atoms with E-state index in [1.54, 1.807) is 6.20 Å². The average molecular weight is 278 g/mol. The molecule has 0 aliphatic heterocycles. The van der Waals surface area contributed by atoms with E-state index in [2.05, 4.69) is 50.1 Å². The number of aromatic nitrogens is 1. The number of likely N-dealkylation sites (N-methyl/N-ethyl adjacent to an activating group) is 1. The monoisotopic (exact) mass is 278 g/mol. The van der Waals surface area contributed by atoms with Crippen molar-refractivity contribution in [1.29, 1.82) is 0 Å². The molecule has 0 fully saturated rings. The highest BCUT2D eigenvalue weighted by molar-refractivity contribution is 5.47. The van der Waals surface area contributed by atoms with Crippen molar-refractivity contribution in [3.8, 4) is 0 Å². The molecule has 0 aliphatic rings. The van der Waals surface area contributed by atoms with Crippen LogP contribution in [0.4, 0.5) is 5.69 Å². The fourth-order valence-electron chi connectivity index (χ4n) is 3.09. The van der Waals surface area contributed by atoms with Crippen LogP contribution in [0.2, 0.25) is 0 Å². The molecule has 0 saturated heterocycles. The van der Waals surface area contributed by atoms with Crippen LogP contribution in [0.1, 0.15) is 51.6 Å². The summed E-state index contributed by atoms with van der Waals surface area (Å²) >= 11 is 0. The highest BCUT2D eigenvalue weighted by Gasteiger charge is 2.39. The minimum atomic E-state index is 0.0479. The molecule has 3 N–H and O–H groups in total. The number of anilines is 1. The highest BCUT2D eigenvalue weighted by atomic mass is 15.2.